The third kappa shape index (κ3) is 3.02. The summed E-state index contributed by atoms with van der Waals surface area (Å²) in [6.45, 7) is -0.147. The highest BCUT2D eigenvalue weighted by Gasteiger charge is 2.31. The van der Waals surface area contributed by atoms with E-state index in [4.69, 9.17) is 10.5 Å². The largest absolute Gasteiger partial charge is 0.465 e. The fraction of sp³-hybridized carbons (Fsp3) is 0.333. The lowest BCUT2D eigenvalue weighted by Crippen LogP contribution is -2.07. The first-order valence-corrected chi connectivity index (χ1v) is 4.03. The first kappa shape index (κ1) is 11.6. The van der Waals surface area contributed by atoms with Gasteiger partial charge >= 0.3 is 6.18 Å². The zero-order valence-electron chi connectivity index (χ0n) is 7.97. The van der Waals surface area contributed by atoms with Gasteiger partial charge in [-0.1, -0.05) is 0 Å². The van der Waals surface area contributed by atoms with Gasteiger partial charge < -0.3 is 15.2 Å². The third-order valence-corrected chi connectivity index (χ3v) is 1.67. The smallest absolute Gasteiger partial charge is 0.416 e. The number of benzene rings is 1. The number of hydrogen-bond acceptors (Lipinski definition) is 3. The Morgan fingerprint density at radius 1 is 1.33 bits per heavy atom. The van der Waals surface area contributed by atoms with Crippen LogP contribution in [0.1, 0.15) is 5.56 Å². The Morgan fingerprint density at radius 2 is 2.00 bits per heavy atom. The van der Waals surface area contributed by atoms with Gasteiger partial charge in [0, 0.05) is 7.11 Å². The predicted molar refractivity (Wildman–Crippen MR) is 48.4 cm³/mol. The van der Waals surface area contributed by atoms with Crippen LogP contribution in [0, 0.1) is 0 Å². The molecule has 0 saturated heterocycles. The summed E-state index contributed by atoms with van der Waals surface area (Å²) in [5.74, 6) is -0.0355. The number of nitrogens with two attached hydrogens (primary N) is 1. The topological polar surface area (TPSA) is 44.5 Å². The summed E-state index contributed by atoms with van der Waals surface area (Å²) in [4.78, 5) is 0. The Kier molecular flexibility index (Phi) is 3.41. The third-order valence-electron chi connectivity index (χ3n) is 1.67. The van der Waals surface area contributed by atoms with Gasteiger partial charge in [-0.25, -0.2) is 0 Å². The average molecular weight is 221 g/mol. The quantitative estimate of drug-likeness (QED) is 0.629. The second-order valence-electron chi connectivity index (χ2n) is 2.80. The van der Waals surface area contributed by atoms with Crippen molar-refractivity contribution in [2.45, 2.75) is 6.18 Å². The highest BCUT2D eigenvalue weighted by atomic mass is 19.4. The van der Waals surface area contributed by atoms with Crippen molar-refractivity contribution in [1.29, 1.82) is 0 Å². The lowest BCUT2D eigenvalue weighted by Gasteiger charge is -2.11. The molecule has 0 fully saturated rings. The molecule has 1 rings (SSSR count). The molecule has 84 valence electrons. The first-order chi connectivity index (χ1) is 6.95. The van der Waals surface area contributed by atoms with Crippen molar-refractivity contribution in [2.75, 3.05) is 19.6 Å². The molecule has 0 bridgehead atoms. The zero-order valence-corrected chi connectivity index (χ0v) is 7.97. The minimum atomic E-state index is -4.40. The Hall–Kier alpha value is -1.43. The van der Waals surface area contributed by atoms with Crippen LogP contribution in [0.4, 0.5) is 18.9 Å². The van der Waals surface area contributed by atoms with Gasteiger partial charge in [0.15, 0.2) is 6.79 Å². The number of halogens is 3. The van der Waals surface area contributed by atoms with Crippen molar-refractivity contribution < 1.29 is 22.6 Å². The van der Waals surface area contributed by atoms with E-state index in [0.717, 1.165) is 18.2 Å². The maximum Gasteiger partial charge on any atom is 0.416 e. The van der Waals surface area contributed by atoms with E-state index in [0.29, 0.717) is 0 Å². The summed E-state index contributed by atoms with van der Waals surface area (Å²) < 4.78 is 46.3. The van der Waals surface area contributed by atoms with E-state index in [-0.39, 0.29) is 18.2 Å². The van der Waals surface area contributed by atoms with E-state index in [1.807, 2.05) is 0 Å². The Balaban J connectivity index is 2.95. The Morgan fingerprint density at radius 3 is 2.53 bits per heavy atom. The molecule has 1 aromatic rings. The van der Waals surface area contributed by atoms with Gasteiger partial charge in [0.1, 0.15) is 5.75 Å². The molecule has 0 heterocycles. The van der Waals surface area contributed by atoms with Crippen LogP contribution < -0.4 is 10.5 Å². The lowest BCUT2D eigenvalue weighted by atomic mass is 10.2. The molecule has 0 amide bonds. The number of nitrogen functional groups attached to an aromatic ring is 1. The molecule has 1 aromatic carbocycles. The zero-order chi connectivity index (χ0) is 11.5. The van der Waals surface area contributed by atoms with Crippen LogP contribution in [0.25, 0.3) is 0 Å². The van der Waals surface area contributed by atoms with Crippen molar-refractivity contribution in [1.82, 2.24) is 0 Å². The van der Waals surface area contributed by atoms with Crippen LogP contribution in [0.5, 0.6) is 5.75 Å². The molecule has 2 N–H and O–H groups in total. The molecule has 15 heavy (non-hydrogen) atoms. The van der Waals surface area contributed by atoms with Gasteiger partial charge in [0.05, 0.1) is 11.3 Å². The normalized spacial score (nSPS) is 11.5. The SMILES string of the molecule is COCOc1cc(C(F)(F)F)ccc1N. The molecule has 6 heteroatoms. The standard InChI is InChI=1S/C9H10F3NO2/c1-14-5-15-8-4-6(9(10,11)12)2-3-7(8)13/h2-4H,5,13H2,1H3. The maximum atomic E-state index is 12.3. The average Bonchev–Trinajstić information content (AvgIpc) is 2.15. The highest BCUT2D eigenvalue weighted by Crippen LogP contribution is 2.33. The van der Waals surface area contributed by atoms with Crippen molar-refractivity contribution in [2.24, 2.45) is 0 Å². The molecule has 0 aromatic heterocycles. The highest BCUT2D eigenvalue weighted by molar-refractivity contribution is 5.54. The van der Waals surface area contributed by atoms with Gasteiger partial charge in [-0.05, 0) is 18.2 Å². The van der Waals surface area contributed by atoms with E-state index in [2.05, 4.69) is 4.74 Å². The van der Waals surface area contributed by atoms with E-state index < -0.39 is 11.7 Å². The van der Waals surface area contributed by atoms with Gasteiger partial charge in [-0.2, -0.15) is 13.2 Å². The van der Waals surface area contributed by atoms with E-state index in [1.165, 1.54) is 7.11 Å². The number of anilines is 1. The summed E-state index contributed by atoms with van der Waals surface area (Å²) in [6.07, 6.45) is -4.40. The number of hydrogen-bond donors (Lipinski definition) is 1. The van der Waals surface area contributed by atoms with Crippen LogP contribution in [0.15, 0.2) is 18.2 Å². The monoisotopic (exact) mass is 221 g/mol. The molecule has 0 saturated carbocycles. The van der Waals surface area contributed by atoms with Crippen LogP contribution in [0.2, 0.25) is 0 Å². The Bertz CT molecular complexity index is 339. The summed E-state index contributed by atoms with van der Waals surface area (Å²) in [5.41, 5.74) is 4.76. The van der Waals surface area contributed by atoms with Crippen molar-refractivity contribution >= 4 is 5.69 Å². The summed E-state index contributed by atoms with van der Waals surface area (Å²) in [7, 11) is 1.36. The number of methoxy groups -OCH3 is 1. The lowest BCUT2D eigenvalue weighted by molar-refractivity contribution is -0.137. The second-order valence-corrected chi connectivity index (χ2v) is 2.80. The summed E-state index contributed by atoms with van der Waals surface area (Å²) in [6, 6.07) is 2.89. The fourth-order valence-electron chi connectivity index (χ4n) is 0.958. The van der Waals surface area contributed by atoms with E-state index in [9.17, 15) is 13.2 Å². The molecule has 0 aliphatic rings. The van der Waals surface area contributed by atoms with Crippen LogP contribution in [-0.4, -0.2) is 13.9 Å². The predicted octanol–water partition coefficient (Wildman–Crippen LogP) is 2.27. The van der Waals surface area contributed by atoms with Gasteiger partial charge in [-0.3, -0.25) is 0 Å². The Labute approximate surface area is 84.6 Å². The molecule has 3 nitrogen and oxygen atoms in total. The minimum absolute atomic E-state index is 0.0355. The second kappa shape index (κ2) is 4.39. The fourth-order valence-corrected chi connectivity index (χ4v) is 0.958. The first-order valence-electron chi connectivity index (χ1n) is 4.03. The number of rotatable bonds is 3. The molecule has 0 atom stereocenters. The van der Waals surface area contributed by atoms with Crippen LogP contribution in [0.3, 0.4) is 0 Å². The molecular weight excluding hydrogens is 211 g/mol. The number of alkyl halides is 3. The van der Waals surface area contributed by atoms with Crippen LogP contribution >= 0.6 is 0 Å². The number of ether oxygens (including phenoxy) is 2. The molecule has 0 unspecified atom stereocenters. The maximum absolute atomic E-state index is 12.3. The summed E-state index contributed by atoms with van der Waals surface area (Å²) in [5, 5.41) is 0. The van der Waals surface area contributed by atoms with Gasteiger partial charge in [0.25, 0.3) is 0 Å². The van der Waals surface area contributed by atoms with E-state index >= 15 is 0 Å². The molecule has 0 spiro atoms. The molecular formula is C9H10F3NO2. The van der Waals surface area contributed by atoms with Crippen molar-refractivity contribution in [3.05, 3.63) is 23.8 Å². The van der Waals surface area contributed by atoms with Gasteiger partial charge in [-0.15, -0.1) is 0 Å². The van der Waals surface area contributed by atoms with Gasteiger partial charge in [0.2, 0.25) is 0 Å². The minimum Gasteiger partial charge on any atom is -0.465 e. The summed E-state index contributed by atoms with van der Waals surface area (Å²) >= 11 is 0. The molecule has 0 aliphatic heterocycles. The van der Waals surface area contributed by atoms with Crippen LogP contribution in [-0.2, 0) is 10.9 Å². The van der Waals surface area contributed by atoms with E-state index in [1.54, 1.807) is 0 Å². The molecule has 0 aliphatic carbocycles. The molecule has 0 radical (unpaired) electrons. The van der Waals surface area contributed by atoms with Crippen molar-refractivity contribution in [3.8, 4) is 5.75 Å². The van der Waals surface area contributed by atoms with Crippen molar-refractivity contribution in [3.63, 3.8) is 0 Å².